The molecule has 14 heteroatoms. The van der Waals surface area contributed by atoms with Gasteiger partial charge in [0.1, 0.15) is 30.0 Å². The molecule has 4 aromatic rings. The minimum Gasteiger partial charge on any atom is -0.508 e. The van der Waals surface area contributed by atoms with Crippen molar-refractivity contribution in [2.75, 3.05) is 33.9 Å². The molecule has 3 N–H and O–H groups in total. The van der Waals surface area contributed by atoms with Crippen molar-refractivity contribution in [3.8, 4) is 28.1 Å². The van der Waals surface area contributed by atoms with Crippen LogP contribution in [0.1, 0.15) is 77.0 Å². The Morgan fingerprint density at radius 3 is 2.62 bits per heavy atom. The summed E-state index contributed by atoms with van der Waals surface area (Å²) in [5.41, 5.74) is 9.87. The van der Waals surface area contributed by atoms with Gasteiger partial charge in [0.2, 0.25) is 5.91 Å². The first kappa shape index (κ1) is 43.8. The molecular weight excluding hydrogens is 777 g/mol. The lowest BCUT2D eigenvalue weighted by molar-refractivity contribution is -0.155. The number of hydrogen-bond donors (Lipinski definition) is 3. The van der Waals surface area contributed by atoms with Crippen LogP contribution in [0, 0.1) is 11.3 Å². The van der Waals surface area contributed by atoms with E-state index in [1.54, 1.807) is 32.5 Å². The SMILES string of the molecule is CCn1c(-c2cnccc2COC)c2c3cc(ccc31)-c1cc(O)cc(c1)C[C@H](NC(=O)C(C(C)C)N(C)C(=O)[C@@H]1CCCO1)C(=O)N1CCC[C@H](N1)C(=O)OCC(C)(C)C2. The van der Waals surface area contributed by atoms with Gasteiger partial charge >= 0.3 is 5.97 Å². The van der Waals surface area contributed by atoms with Crippen molar-refractivity contribution in [2.24, 2.45) is 11.3 Å². The fraction of sp³-hybridized carbons (Fsp3) is 0.511. The molecule has 1 unspecified atom stereocenters. The fourth-order valence-electron chi connectivity index (χ4n) is 9.25. The molecule has 2 fully saturated rings. The van der Waals surface area contributed by atoms with Gasteiger partial charge in [-0.05, 0) is 103 Å². The van der Waals surface area contributed by atoms with E-state index in [2.05, 4.69) is 53.2 Å². The molecule has 2 saturated heterocycles. The van der Waals surface area contributed by atoms with Crippen LogP contribution < -0.4 is 10.7 Å². The third kappa shape index (κ3) is 9.31. The molecule has 3 amide bonds. The number of aromatic hydroxyl groups is 1. The third-order valence-corrected chi connectivity index (χ3v) is 12.2. The molecule has 7 rings (SSSR count). The van der Waals surface area contributed by atoms with Crippen LogP contribution in [0.15, 0.2) is 54.9 Å². The summed E-state index contributed by atoms with van der Waals surface area (Å²) in [5, 5.41) is 16.7. The van der Waals surface area contributed by atoms with E-state index in [9.17, 15) is 24.3 Å². The summed E-state index contributed by atoms with van der Waals surface area (Å²) in [7, 11) is 3.27. The highest BCUT2D eigenvalue weighted by molar-refractivity contribution is 5.96. The summed E-state index contributed by atoms with van der Waals surface area (Å²) in [6.45, 7) is 12.0. The topological polar surface area (TPSA) is 165 Å². The van der Waals surface area contributed by atoms with Crippen LogP contribution >= 0.6 is 0 Å². The number of carbonyl (C=O) groups is 4. The molecule has 326 valence electrons. The molecule has 61 heavy (non-hydrogen) atoms. The lowest BCUT2D eigenvalue weighted by Gasteiger charge is -2.37. The molecule has 0 spiro atoms. The minimum absolute atomic E-state index is 0.00752. The Labute approximate surface area is 357 Å². The Morgan fingerprint density at radius 2 is 1.90 bits per heavy atom. The molecule has 3 aliphatic heterocycles. The number of aromatic nitrogens is 2. The number of phenols is 1. The number of likely N-dealkylation sites (N-methyl/N-ethyl adjacent to an activating group) is 1. The van der Waals surface area contributed by atoms with E-state index >= 15 is 0 Å². The highest BCUT2D eigenvalue weighted by Crippen LogP contribution is 2.41. The number of carbonyl (C=O) groups excluding carboxylic acids is 4. The van der Waals surface area contributed by atoms with E-state index in [1.807, 2.05) is 38.2 Å². The number of methoxy groups -OCH3 is 1. The minimum atomic E-state index is -1.12. The van der Waals surface area contributed by atoms with Crippen LogP contribution in [-0.4, -0.2) is 106 Å². The van der Waals surface area contributed by atoms with Crippen molar-refractivity contribution in [3.05, 3.63) is 71.5 Å². The van der Waals surface area contributed by atoms with Gasteiger partial charge in [0.05, 0.1) is 18.9 Å². The van der Waals surface area contributed by atoms with Gasteiger partial charge in [-0.1, -0.05) is 39.8 Å². The maximum atomic E-state index is 14.6. The molecule has 5 heterocycles. The molecule has 3 aliphatic rings. The number of amides is 3. The summed E-state index contributed by atoms with van der Waals surface area (Å²) in [4.78, 5) is 62.2. The summed E-state index contributed by atoms with van der Waals surface area (Å²) in [6.07, 6.45) is 5.95. The number of nitrogens with one attached hydrogen (secondary N) is 2. The maximum Gasteiger partial charge on any atom is 0.324 e. The zero-order chi connectivity index (χ0) is 43.6. The van der Waals surface area contributed by atoms with E-state index in [4.69, 9.17) is 14.2 Å². The smallest absolute Gasteiger partial charge is 0.324 e. The summed E-state index contributed by atoms with van der Waals surface area (Å²) in [5.74, 6) is -1.96. The summed E-state index contributed by atoms with van der Waals surface area (Å²) in [6, 6.07) is 10.7. The van der Waals surface area contributed by atoms with Crippen LogP contribution in [0.4, 0.5) is 0 Å². The zero-order valence-electron chi connectivity index (χ0n) is 36.5. The van der Waals surface area contributed by atoms with E-state index < -0.39 is 47.4 Å². The Kier molecular flexibility index (Phi) is 13.2. The van der Waals surface area contributed by atoms with Crippen LogP contribution in [0.25, 0.3) is 33.3 Å². The molecule has 4 atom stereocenters. The number of rotatable bonds is 9. The quantitative estimate of drug-likeness (QED) is 0.182. The highest BCUT2D eigenvalue weighted by atomic mass is 16.5. The lowest BCUT2D eigenvalue weighted by Crippen LogP contribution is -2.62. The summed E-state index contributed by atoms with van der Waals surface area (Å²) >= 11 is 0. The lowest BCUT2D eigenvalue weighted by atomic mass is 9.84. The number of aryl methyl sites for hydroxylation is 1. The number of cyclic esters (lactones) is 1. The standard InChI is InChI=1S/C47H60N6O8/c1-8-52-39-14-13-30-23-34(39)35(42(52)36-25-48-16-15-31(36)26-59-7)24-47(4,5)27-61-46(58)37-11-9-17-53(50-37)44(56)38(21-29-19-32(30)22-33(54)20-29)49-43(55)41(28(2)3)51(6)45(57)40-12-10-18-60-40/h13-16,19-20,22-23,25,28,37-38,40-41,50,54H,8-12,17-18,21,24,26-27H2,1-7H3,(H,49,55)/t37-,38-,40-,41?/m0/s1. The molecule has 2 aromatic carbocycles. The van der Waals surface area contributed by atoms with Gasteiger partial charge in [-0.15, -0.1) is 0 Å². The second-order valence-corrected chi connectivity index (χ2v) is 17.8. The van der Waals surface area contributed by atoms with Gasteiger partial charge in [0, 0.05) is 74.5 Å². The number of benzene rings is 2. The van der Waals surface area contributed by atoms with E-state index in [-0.39, 0.29) is 30.6 Å². The van der Waals surface area contributed by atoms with Gasteiger partial charge in [-0.25, -0.2) is 5.43 Å². The monoisotopic (exact) mass is 836 g/mol. The van der Waals surface area contributed by atoms with Crippen molar-refractivity contribution in [1.82, 2.24) is 30.2 Å². The first-order valence-electron chi connectivity index (χ1n) is 21.5. The molecule has 0 aliphatic carbocycles. The summed E-state index contributed by atoms with van der Waals surface area (Å²) < 4.78 is 19.7. The maximum absolute atomic E-state index is 14.6. The van der Waals surface area contributed by atoms with E-state index in [1.165, 1.54) is 9.91 Å². The van der Waals surface area contributed by atoms with E-state index in [0.717, 1.165) is 50.8 Å². The van der Waals surface area contributed by atoms with Crippen LogP contribution in [0.2, 0.25) is 0 Å². The number of pyridine rings is 1. The van der Waals surface area contributed by atoms with Crippen LogP contribution in [0.5, 0.6) is 5.75 Å². The Balaban J connectivity index is 1.34. The number of phenolic OH excluding ortho intramolecular Hbond substituents is 1. The average molecular weight is 837 g/mol. The number of hydrogen-bond acceptors (Lipinski definition) is 10. The number of fused-ring (bicyclic) bond motifs is 6. The Bertz CT molecular complexity index is 2280. The number of hydrazine groups is 1. The Hall–Kier alpha value is -5.31. The third-order valence-electron chi connectivity index (χ3n) is 12.2. The number of nitrogens with zero attached hydrogens (tertiary/aromatic N) is 4. The number of esters is 1. The zero-order valence-corrected chi connectivity index (χ0v) is 36.5. The first-order chi connectivity index (χ1) is 29.2. The highest BCUT2D eigenvalue weighted by Gasteiger charge is 2.39. The second-order valence-electron chi connectivity index (χ2n) is 17.8. The van der Waals surface area contributed by atoms with Crippen LogP contribution in [-0.2, 0) is 59.4 Å². The normalized spacial score (nSPS) is 21.2. The van der Waals surface area contributed by atoms with Crippen LogP contribution in [0.3, 0.4) is 0 Å². The molecule has 6 bridgehead atoms. The van der Waals surface area contributed by atoms with Gasteiger partial charge < -0.3 is 34.1 Å². The molecule has 0 radical (unpaired) electrons. The predicted molar refractivity (Wildman–Crippen MR) is 231 cm³/mol. The van der Waals surface area contributed by atoms with Gasteiger partial charge in [0.15, 0.2) is 0 Å². The predicted octanol–water partition coefficient (Wildman–Crippen LogP) is 5.55. The first-order valence-corrected chi connectivity index (χ1v) is 21.5. The largest absolute Gasteiger partial charge is 0.508 e. The van der Waals surface area contributed by atoms with Crippen molar-refractivity contribution in [1.29, 1.82) is 0 Å². The van der Waals surface area contributed by atoms with Gasteiger partial charge in [0.25, 0.3) is 11.8 Å². The van der Waals surface area contributed by atoms with Crippen molar-refractivity contribution >= 4 is 34.6 Å². The molecular formula is C47H60N6O8. The number of ether oxygens (including phenoxy) is 3. The van der Waals surface area contributed by atoms with Gasteiger partial charge in [-0.3, -0.25) is 29.2 Å². The van der Waals surface area contributed by atoms with Crippen molar-refractivity contribution in [2.45, 2.75) is 111 Å². The Morgan fingerprint density at radius 1 is 1.10 bits per heavy atom. The molecule has 14 nitrogen and oxygen atoms in total. The van der Waals surface area contributed by atoms with Crippen molar-refractivity contribution < 1.29 is 38.5 Å². The van der Waals surface area contributed by atoms with E-state index in [0.29, 0.717) is 57.6 Å². The molecule has 0 saturated carbocycles. The molecule has 2 aromatic heterocycles. The second kappa shape index (κ2) is 18.3. The fourth-order valence-corrected chi connectivity index (χ4v) is 9.25. The van der Waals surface area contributed by atoms with Crippen molar-refractivity contribution in [3.63, 3.8) is 0 Å². The average Bonchev–Trinajstić information content (AvgIpc) is 3.88. The van der Waals surface area contributed by atoms with Gasteiger partial charge in [-0.2, -0.15) is 0 Å².